The van der Waals surface area contributed by atoms with Gasteiger partial charge in [0.2, 0.25) is 12.2 Å². The molecule has 0 unspecified atom stereocenters. The molecule has 11 nitrogen and oxygen atoms in total. The van der Waals surface area contributed by atoms with E-state index in [0.717, 1.165) is 13.3 Å². The zero-order chi connectivity index (χ0) is 22.2. The molecular weight excluding hydrogens is 407 g/mol. The lowest BCUT2D eigenvalue weighted by Gasteiger charge is -2.18. The number of hydrogen-bond donors (Lipinski definition) is 4. The standard InChI is InChI=1S/C19H15FN8O3/c1-31-19(30)13-7-14(23-10-29)17(22-9-11(8-21)18-25-27-28-26-18)15(20)16(13)24-12-5-3-2-4-6-12/h2-7,9-10,22,24H,1H3,(H,23,29)(H,25,26,27,28). The number of halogens is 1. The highest BCUT2D eigenvalue weighted by atomic mass is 19.1. The maximum Gasteiger partial charge on any atom is 0.340 e. The van der Waals surface area contributed by atoms with Crippen molar-refractivity contribution in [2.75, 3.05) is 23.1 Å². The molecule has 3 aromatic rings. The lowest BCUT2D eigenvalue weighted by Crippen LogP contribution is -2.12. The number of ether oxygens (including phenoxy) is 1. The van der Waals surface area contributed by atoms with Crippen LogP contribution < -0.4 is 16.0 Å². The Hall–Kier alpha value is -4.79. The third-order valence-electron chi connectivity index (χ3n) is 4.00. The molecule has 156 valence electrons. The average Bonchev–Trinajstić information content (AvgIpc) is 3.32. The molecule has 0 fully saturated rings. The predicted octanol–water partition coefficient (Wildman–Crippen LogP) is 2.41. The maximum absolute atomic E-state index is 15.5. The Bertz CT molecular complexity index is 1160. The van der Waals surface area contributed by atoms with E-state index < -0.39 is 11.8 Å². The van der Waals surface area contributed by atoms with E-state index in [1.54, 1.807) is 30.3 Å². The van der Waals surface area contributed by atoms with Crippen molar-refractivity contribution in [3.05, 3.63) is 59.8 Å². The molecule has 4 N–H and O–H groups in total. The number of hydrogen-bond acceptors (Lipinski definition) is 9. The van der Waals surface area contributed by atoms with Crippen LogP contribution in [0.3, 0.4) is 0 Å². The molecule has 1 heterocycles. The molecule has 0 aliphatic rings. The van der Waals surface area contributed by atoms with Crippen LogP contribution in [0.5, 0.6) is 0 Å². The number of aromatic nitrogens is 4. The summed E-state index contributed by atoms with van der Waals surface area (Å²) in [6, 6.07) is 11.7. The van der Waals surface area contributed by atoms with Gasteiger partial charge in [0, 0.05) is 11.9 Å². The number of nitriles is 1. The summed E-state index contributed by atoms with van der Waals surface area (Å²) in [5, 5.41) is 30.0. The number of H-pyrrole nitrogens is 1. The molecule has 0 aliphatic heterocycles. The van der Waals surface area contributed by atoms with E-state index in [0.29, 0.717) is 12.1 Å². The largest absolute Gasteiger partial charge is 0.465 e. The number of rotatable bonds is 8. The molecule has 0 saturated heterocycles. The Morgan fingerprint density at radius 2 is 2.03 bits per heavy atom. The van der Waals surface area contributed by atoms with Gasteiger partial charge < -0.3 is 20.7 Å². The van der Waals surface area contributed by atoms with Gasteiger partial charge in [-0.3, -0.25) is 4.79 Å². The number of nitrogens with zero attached hydrogens (tertiary/aromatic N) is 4. The van der Waals surface area contributed by atoms with Crippen molar-refractivity contribution in [1.82, 2.24) is 20.6 Å². The normalized spacial score (nSPS) is 10.7. The number of nitrogens with one attached hydrogen (secondary N) is 4. The summed E-state index contributed by atoms with van der Waals surface area (Å²) in [5.74, 6) is -1.75. The highest BCUT2D eigenvalue weighted by Gasteiger charge is 2.23. The Balaban J connectivity index is 2.12. The fourth-order valence-corrected chi connectivity index (χ4v) is 2.59. The van der Waals surface area contributed by atoms with Gasteiger partial charge in [0.25, 0.3) is 0 Å². The van der Waals surface area contributed by atoms with Gasteiger partial charge in [-0.2, -0.15) is 10.5 Å². The first-order chi connectivity index (χ1) is 15.1. The molecule has 2 aromatic carbocycles. The van der Waals surface area contributed by atoms with E-state index in [1.165, 1.54) is 6.07 Å². The van der Waals surface area contributed by atoms with E-state index in [4.69, 9.17) is 4.74 Å². The van der Waals surface area contributed by atoms with Gasteiger partial charge in [0.05, 0.1) is 24.0 Å². The van der Waals surface area contributed by atoms with Gasteiger partial charge in [-0.1, -0.05) is 18.2 Å². The van der Waals surface area contributed by atoms with Crippen LogP contribution in [0, 0.1) is 17.1 Å². The van der Waals surface area contributed by atoms with E-state index in [2.05, 4.69) is 36.6 Å². The fourth-order valence-electron chi connectivity index (χ4n) is 2.59. The molecule has 0 radical (unpaired) electrons. The van der Waals surface area contributed by atoms with Crippen LogP contribution in [0.1, 0.15) is 16.2 Å². The van der Waals surface area contributed by atoms with E-state index in [9.17, 15) is 14.9 Å². The molecule has 31 heavy (non-hydrogen) atoms. The first kappa shape index (κ1) is 20.9. The van der Waals surface area contributed by atoms with Crippen LogP contribution in [0.4, 0.5) is 27.1 Å². The summed E-state index contributed by atoms with van der Waals surface area (Å²) in [7, 11) is 1.15. The topological polar surface area (TPSA) is 158 Å². The summed E-state index contributed by atoms with van der Waals surface area (Å²) in [6.07, 6.45) is 1.46. The molecule has 0 atom stereocenters. The lowest BCUT2D eigenvalue weighted by molar-refractivity contribution is -0.105. The predicted molar refractivity (Wildman–Crippen MR) is 109 cm³/mol. The zero-order valence-electron chi connectivity index (χ0n) is 16.0. The molecule has 0 aliphatic carbocycles. The smallest absolute Gasteiger partial charge is 0.340 e. The fraction of sp³-hybridized carbons (Fsp3) is 0.0526. The number of methoxy groups -OCH3 is 1. The molecular formula is C19H15FN8O3. The third kappa shape index (κ3) is 4.62. The SMILES string of the molecule is COC(=O)c1cc(NC=O)c(NC=C(C#N)c2nn[nH]n2)c(F)c1Nc1ccccc1. The monoisotopic (exact) mass is 422 g/mol. The number of esters is 1. The second kappa shape index (κ2) is 9.61. The van der Waals surface area contributed by atoms with Gasteiger partial charge in [0.1, 0.15) is 17.3 Å². The Labute approximate surface area is 174 Å². The molecule has 12 heteroatoms. The summed E-state index contributed by atoms with van der Waals surface area (Å²) < 4.78 is 20.3. The van der Waals surface area contributed by atoms with Crippen LogP contribution >= 0.6 is 0 Å². The van der Waals surface area contributed by atoms with E-state index in [-0.39, 0.29) is 34.0 Å². The Morgan fingerprint density at radius 1 is 1.26 bits per heavy atom. The maximum atomic E-state index is 15.5. The number of tetrazole rings is 1. The van der Waals surface area contributed by atoms with Crippen molar-refractivity contribution in [2.24, 2.45) is 0 Å². The van der Waals surface area contributed by atoms with Crippen LogP contribution in [0.2, 0.25) is 0 Å². The van der Waals surface area contributed by atoms with Crippen LogP contribution in [0.15, 0.2) is 42.6 Å². The summed E-state index contributed by atoms with van der Waals surface area (Å²) in [4.78, 5) is 23.3. The Kier molecular flexibility index (Phi) is 6.49. The van der Waals surface area contributed by atoms with Crippen LogP contribution in [-0.4, -0.2) is 40.1 Å². The average molecular weight is 422 g/mol. The Morgan fingerprint density at radius 3 is 2.65 bits per heavy atom. The van der Waals surface area contributed by atoms with Gasteiger partial charge in [-0.25, -0.2) is 9.18 Å². The second-order valence-corrected chi connectivity index (χ2v) is 5.83. The number of allylic oxidation sites excluding steroid dienone is 1. The molecule has 0 spiro atoms. The first-order valence-corrected chi connectivity index (χ1v) is 8.66. The van der Waals surface area contributed by atoms with E-state index >= 15 is 4.39 Å². The lowest BCUT2D eigenvalue weighted by atomic mass is 10.1. The highest BCUT2D eigenvalue weighted by Crippen LogP contribution is 2.36. The third-order valence-corrected chi connectivity index (χ3v) is 4.00. The van der Waals surface area contributed by atoms with Gasteiger partial charge in [-0.05, 0) is 23.4 Å². The van der Waals surface area contributed by atoms with E-state index in [1.807, 2.05) is 6.07 Å². The number of anilines is 4. The van der Waals surface area contributed by atoms with Crippen molar-refractivity contribution >= 4 is 40.7 Å². The van der Waals surface area contributed by atoms with Crippen LogP contribution in [-0.2, 0) is 9.53 Å². The molecule has 1 amide bonds. The van der Waals surface area contributed by atoms with Crippen LogP contribution in [0.25, 0.3) is 5.57 Å². The highest BCUT2D eigenvalue weighted by molar-refractivity contribution is 6.01. The molecule has 0 saturated carbocycles. The minimum Gasteiger partial charge on any atom is -0.465 e. The van der Waals surface area contributed by atoms with Crippen molar-refractivity contribution in [1.29, 1.82) is 5.26 Å². The van der Waals surface area contributed by atoms with Crippen molar-refractivity contribution in [3.8, 4) is 6.07 Å². The van der Waals surface area contributed by atoms with Crippen molar-refractivity contribution in [2.45, 2.75) is 0 Å². The first-order valence-electron chi connectivity index (χ1n) is 8.66. The van der Waals surface area contributed by atoms with Crippen molar-refractivity contribution < 1.29 is 18.7 Å². The minimum absolute atomic E-state index is 0.0193. The number of para-hydroxylation sites is 1. The molecule has 1 aromatic heterocycles. The summed E-state index contributed by atoms with van der Waals surface area (Å²) >= 11 is 0. The number of benzene rings is 2. The number of carbonyl (C=O) groups is 2. The van der Waals surface area contributed by atoms with Gasteiger partial charge >= 0.3 is 5.97 Å². The summed E-state index contributed by atoms with van der Waals surface area (Å²) in [5.41, 5.74) is -0.166. The minimum atomic E-state index is -0.905. The van der Waals surface area contributed by atoms with Crippen molar-refractivity contribution in [3.63, 3.8) is 0 Å². The number of aromatic amines is 1. The van der Waals surface area contributed by atoms with Gasteiger partial charge in [0.15, 0.2) is 5.82 Å². The second-order valence-electron chi connectivity index (χ2n) is 5.83. The quantitative estimate of drug-likeness (QED) is 0.243. The zero-order valence-corrected chi connectivity index (χ0v) is 16.0. The number of carbonyl (C=O) groups excluding carboxylic acids is 2. The number of amides is 1. The molecule has 3 rings (SSSR count). The molecule has 0 bridgehead atoms. The van der Waals surface area contributed by atoms with Gasteiger partial charge in [-0.15, -0.1) is 10.2 Å². The summed E-state index contributed by atoms with van der Waals surface area (Å²) in [6.45, 7) is 0.